The second-order valence-electron chi connectivity index (χ2n) is 11.3. The minimum atomic E-state index is -1.12. The first-order valence-corrected chi connectivity index (χ1v) is 19.4. The van der Waals surface area contributed by atoms with Gasteiger partial charge in [-0.2, -0.15) is 0 Å². The van der Waals surface area contributed by atoms with Crippen LogP contribution in [-0.4, -0.2) is 113 Å². The number of aliphatic hydroxyl groups is 1. The van der Waals surface area contributed by atoms with Crippen molar-refractivity contribution in [3.63, 3.8) is 0 Å². The first kappa shape index (κ1) is 52.4. The van der Waals surface area contributed by atoms with Gasteiger partial charge in [-0.05, 0) is 81.4 Å². The Balaban J connectivity index is 0. The van der Waals surface area contributed by atoms with E-state index in [9.17, 15) is 34.2 Å². The minimum absolute atomic E-state index is 0.0393. The Hall–Kier alpha value is -3.67. The number of unbranched alkanes of at least 4 members (excludes halogenated alkanes) is 4. The molecular formula is C38H63N3O12S. The molecular weight excluding hydrogens is 722 g/mol. The highest BCUT2D eigenvalue weighted by molar-refractivity contribution is 7.93. The predicted molar refractivity (Wildman–Crippen MR) is 208 cm³/mol. The van der Waals surface area contributed by atoms with Gasteiger partial charge in [0.05, 0.1) is 18.8 Å². The van der Waals surface area contributed by atoms with E-state index in [1.807, 2.05) is 39.8 Å². The van der Waals surface area contributed by atoms with Crippen LogP contribution in [0.15, 0.2) is 30.4 Å². The third kappa shape index (κ3) is 22.5. The third-order valence-corrected chi connectivity index (χ3v) is 7.95. The Morgan fingerprint density at radius 1 is 1.02 bits per heavy atom. The average molecular weight is 786 g/mol. The predicted octanol–water partition coefficient (Wildman–Crippen LogP) is 4.32. The second kappa shape index (κ2) is 33.9. The molecule has 2 heterocycles. The first-order valence-electron chi connectivity index (χ1n) is 18.5. The topological polar surface area (TPSA) is 218 Å². The molecule has 0 spiro atoms. The lowest BCUT2D eigenvalue weighted by atomic mass is 10.0. The Labute approximate surface area is 324 Å². The van der Waals surface area contributed by atoms with Gasteiger partial charge in [0, 0.05) is 57.4 Å². The molecule has 15 nitrogen and oxygen atoms in total. The van der Waals surface area contributed by atoms with E-state index in [1.165, 1.54) is 24.0 Å². The number of hydrogen-bond acceptors (Lipinski definition) is 13. The van der Waals surface area contributed by atoms with Crippen molar-refractivity contribution in [1.29, 1.82) is 0 Å². The summed E-state index contributed by atoms with van der Waals surface area (Å²) in [7, 11) is 3.30. The molecule has 54 heavy (non-hydrogen) atoms. The number of carbonyl (C=O) groups is 6. The molecule has 16 heteroatoms. The number of carboxylic acid groups (broad SMARTS) is 1. The summed E-state index contributed by atoms with van der Waals surface area (Å²) in [6.45, 7) is 10.9. The minimum Gasteiger partial charge on any atom is -0.479 e. The van der Waals surface area contributed by atoms with Gasteiger partial charge in [-0.1, -0.05) is 40.2 Å². The van der Waals surface area contributed by atoms with E-state index in [0.717, 1.165) is 62.2 Å². The van der Waals surface area contributed by atoms with Crippen LogP contribution >= 0.6 is 12.0 Å². The second-order valence-corrected chi connectivity index (χ2v) is 11.9. The van der Waals surface area contributed by atoms with Crippen molar-refractivity contribution in [2.24, 2.45) is 0 Å². The Kier molecular flexibility index (Phi) is 32.9. The van der Waals surface area contributed by atoms with E-state index in [2.05, 4.69) is 10.6 Å². The molecule has 4 atom stereocenters. The number of aliphatic hydroxyl groups excluding tert-OH is 1. The zero-order valence-electron chi connectivity index (χ0n) is 32.9. The van der Waals surface area contributed by atoms with Gasteiger partial charge in [0.1, 0.15) is 18.3 Å². The zero-order chi connectivity index (χ0) is 41.3. The number of benzene rings is 1. The standard InChI is InChI=1S/C22H34N2O8S.C10H13NO3.C2H4O.2C2H6/c1-23-18(13-33-29)21(26)24-8-4-3-5-14-9-17(7-6-15(14)12-30-2)31-20-11-16(25)10-19(32-20)22(27)28;12-8-4-2-1-3-7-11-9(13)5-6-10(11)14;1-2-3;2*1-2/h6-7,9,16,18-20,23,25,29H,3-5,8,10-13H2,1-2H3,(H,24,26)(H,27,28);5-6,8H,1-4,7H2;2H,1H3;2*1-2H3. The number of nitrogens with one attached hydrogen (secondary N) is 2. The van der Waals surface area contributed by atoms with Gasteiger partial charge in [-0.25, -0.2) is 4.79 Å². The zero-order valence-corrected chi connectivity index (χ0v) is 33.7. The number of hydrogen-bond donors (Lipinski definition) is 5. The number of likely N-dealkylation sites (N-methyl/N-ethyl adjacent to an activating group) is 1. The van der Waals surface area contributed by atoms with Crippen molar-refractivity contribution in [3.05, 3.63) is 41.5 Å². The monoisotopic (exact) mass is 785 g/mol. The summed E-state index contributed by atoms with van der Waals surface area (Å²) in [5, 5.41) is 24.8. The highest BCUT2D eigenvalue weighted by Gasteiger charge is 2.34. The van der Waals surface area contributed by atoms with Crippen LogP contribution in [0.3, 0.4) is 0 Å². The van der Waals surface area contributed by atoms with Crippen LogP contribution in [-0.2, 0) is 51.3 Å². The van der Waals surface area contributed by atoms with Gasteiger partial charge in [-0.15, -0.1) is 0 Å². The van der Waals surface area contributed by atoms with Crippen molar-refractivity contribution < 1.29 is 57.7 Å². The molecule has 2 aliphatic heterocycles. The highest BCUT2D eigenvalue weighted by atomic mass is 32.2. The molecule has 1 aromatic rings. The first-order chi connectivity index (χ1) is 26.0. The fraction of sp³-hybridized carbons (Fsp3) is 0.632. The van der Waals surface area contributed by atoms with E-state index in [4.69, 9.17) is 23.6 Å². The number of aldehydes is 2. The van der Waals surface area contributed by atoms with Gasteiger partial charge < -0.3 is 49.2 Å². The molecule has 3 amide bonds. The van der Waals surface area contributed by atoms with E-state index in [0.29, 0.717) is 43.9 Å². The van der Waals surface area contributed by atoms with Crippen LogP contribution in [0.25, 0.3) is 0 Å². The van der Waals surface area contributed by atoms with E-state index in [-0.39, 0.29) is 36.3 Å². The number of methoxy groups -OCH3 is 1. The summed E-state index contributed by atoms with van der Waals surface area (Å²) >= 11 is 0.626. The Morgan fingerprint density at radius 3 is 2.22 bits per heavy atom. The molecule has 0 radical (unpaired) electrons. The smallest absolute Gasteiger partial charge is 0.333 e. The maximum absolute atomic E-state index is 12.1. The normalized spacial score (nSPS) is 17.5. The molecule has 2 aliphatic rings. The van der Waals surface area contributed by atoms with Crippen molar-refractivity contribution in [3.8, 4) is 5.75 Å². The molecule has 1 saturated heterocycles. The number of amides is 3. The van der Waals surface area contributed by atoms with E-state index < -0.39 is 30.5 Å². The Morgan fingerprint density at radius 2 is 1.67 bits per heavy atom. The van der Waals surface area contributed by atoms with Gasteiger partial charge in [0.2, 0.25) is 12.2 Å². The summed E-state index contributed by atoms with van der Waals surface area (Å²) in [6.07, 6.45) is 7.04. The van der Waals surface area contributed by atoms with Crippen molar-refractivity contribution in [1.82, 2.24) is 15.5 Å². The summed E-state index contributed by atoms with van der Waals surface area (Å²) in [5.74, 6) is -0.925. The van der Waals surface area contributed by atoms with Crippen molar-refractivity contribution in [2.75, 3.05) is 33.0 Å². The molecule has 1 aromatic carbocycles. The fourth-order valence-corrected chi connectivity index (χ4v) is 5.38. The number of carbonyl (C=O) groups excluding carboxylic acids is 5. The van der Waals surface area contributed by atoms with Gasteiger partial charge in [-0.3, -0.25) is 19.3 Å². The van der Waals surface area contributed by atoms with E-state index in [1.54, 1.807) is 20.2 Å². The quantitative estimate of drug-likeness (QED) is 0.0539. The van der Waals surface area contributed by atoms with Gasteiger partial charge >= 0.3 is 5.97 Å². The van der Waals surface area contributed by atoms with Crippen molar-refractivity contribution in [2.45, 2.75) is 124 Å². The number of imide groups is 1. The molecule has 0 saturated carbocycles. The van der Waals surface area contributed by atoms with Crippen LogP contribution < -0.4 is 15.4 Å². The Bertz CT molecular complexity index is 1230. The number of ether oxygens (including phenoxy) is 3. The average Bonchev–Trinajstić information content (AvgIpc) is 3.49. The van der Waals surface area contributed by atoms with Crippen LogP contribution in [0.5, 0.6) is 5.75 Å². The molecule has 3 rings (SSSR count). The van der Waals surface area contributed by atoms with E-state index >= 15 is 0 Å². The molecule has 4 unspecified atom stereocenters. The maximum atomic E-state index is 12.1. The van der Waals surface area contributed by atoms with Crippen LogP contribution in [0.2, 0.25) is 0 Å². The number of aryl methyl sites for hydroxylation is 1. The van der Waals surface area contributed by atoms with Crippen LogP contribution in [0.1, 0.15) is 97.1 Å². The molecule has 0 bridgehead atoms. The summed E-state index contributed by atoms with van der Waals surface area (Å²) in [6, 6.07) is 5.11. The fourth-order valence-electron chi connectivity index (χ4n) is 4.92. The molecule has 0 aliphatic carbocycles. The molecule has 1 fully saturated rings. The highest BCUT2D eigenvalue weighted by Crippen LogP contribution is 2.26. The molecule has 308 valence electrons. The van der Waals surface area contributed by atoms with Crippen molar-refractivity contribution >= 4 is 48.3 Å². The lowest BCUT2D eigenvalue weighted by Gasteiger charge is -2.31. The maximum Gasteiger partial charge on any atom is 0.333 e. The van der Waals surface area contributed by atoms with Crippen LogP contribution in [0.4, 0.5) is 0 Å². The number of carboxylic acids is 1. The van der Waals surface area contributed by atoms with Gasteiger partial charge in [0.25, 0.3) is 11.8 Å². The lowest BCUT2D eigenvalue weighted by Crippen LogP contribution is -2.44. The number of nitrogens with zero attached hydrogens (tertiary/aromatic N) is 1. The summed E-state index contributed by atoms with van der Waals surface area (Å²) < 4.78 is 25.5. The number of aliphatic carboxylic acids is 1. The SMILES string of the molecule is CC.CC.CC=O.CNC(CSO)C(=O)NCCCCc1cc(OC2CC(O)CC(C(=O)O)O2)ccc1COC.O=CCCCCCN1C(=O)C=CC1=O. The third-order valence-electron chi connectivity index (χ3n) is 7.47. The summed E-state index contributed by atoms with van der Waals surface area (Å²) in [5.41, 5.74) is 2.04. The number of rotatable bonds is 20. The molecule has 0 aromatic heterocycles. The lowest BCUT2D eigenvalue weighted by molar-refractivity contribution is -0.195. The molecule has 5 N–H and O–H groups in total. The largest absolute Gasteiger partial charge is 0.479 e. The van der Waals surface area contributed by atoms with Crippen LogP contribution in [0, 0.1) is 0 Å². The summed E-state index contributed by atoms with van der Waals surface area (Å²) in [4.78, 5) is 65.4. The van der Waals surface area contributed by atoms with Gasteiger partial charge in [0.15, 0.2) is 6.10 Å².